The smallest absolute Gasteiger partial charge is 0.358 e. The Balaban J connectivity index is 2.07. The number of halogens is 1. The van der Waals surface area contributed by atoms with E-state index < -0.39 is 5.97 Å². The molecule has 0 fully saturated rings. The Morgan fingerprint density at radius 1 is 1.14 bits per heavy atom. The highest BCUT2D eigenvalue weighted by Crippen LogP contribution is 2.23. The predicted molar refractivity (Wildman–Crippen MR) is 85.4 cm³/mol. The molecule has 0 aliphatic rings. The van der Waals surface area contributed by atoms with Gasteiger partial charge in [0.2, 0.25) is 0 Å². The van der Waals surface area contributed by atoms with Gasteiger partial charge in [-0.15, -0.1) is 0 Å². The second-order valence-electron chi connectivity index (χ2n) is 4.65. The van der Waals surface area contributed by atoms with E-state index in [-0.39, 0.29) is 0 Å². The largest absolute Gasteiger partial charge is 0.461 e. The van der Waals surface area contributed by atoms with Crippen LogP contribution >= 0.6 is 11.6 Å². The van der Waals surface area contributed by atoms with Crippen LogP contribution in [0, 0.1) is 0 Å². The number of nitrogens with zero attached hydrogens (tertiary/aromatic N) is 1. The summed E-state index contributed by atoms with van der Waals surface area (Å²) in [5.74, 6) is 0.156. The van der Waals surface area contributed by atoms with Crippen LogP contribution in [0.4, 0.5) is 0 Å². The number of benzene rings is 2. The number of para-hydroxylation sites is 1. The third-order valence-electron chi connectivity index (χ3n) is 3.16. The lowest BCUT2D eigenvalue weighted by atomic mass is 10.2. The van der Waals surface area contributed by atoms with Crippen LogP contribution < -0.4 is 4.84 Å². The van der Waals surface area contributed by atoms with Gasteiger partial charge in [0, 0.05) is 10.4 Å². The number of hydrogen-bond donors (Lipinski definition) is 0. The van der Waals surface area contributed by atoms with Gasteiger partial charge in [0.1, 0.15) is 0 Å². The summed E-state index contributed by atoms with van der Waals surface area (Å²) < 4.78 is 6.58. The summed E-state index contributed by atoms with van der Waals surface area (Å²) in [6, 6.07) is 16.3. The highest BCUT2D eigenvalue weighted by atomic mass is 35.5. The van der Waals surface area contributed by atoms with E-state index in [2.05, 4.69) is 0 Å². The van der Waals surface area contributed by atoms with Gasteiger partial charge in [-0.1, -0.05) is 29.8 Å². The van der Waals surface area contributed by atoms with Crippen molar-refractivity contribution in [3.05, 3.63) is 65.3 Å². The molecular formula is C17H14ClNO3. The molecule has 0 atom stereocenters. The van der Waals surface area contributed by atoms with Crippen molar-refractivity contribution in [2.24, 2.45) is 0 Å². The molecule has 0 unspecified atom stereocenters. The number of fused-ring (bicyclic) bond motifs is 1. The van der Waals surface area contributed by atoms with Crippen LogP contribution in [0.2, 0.25) is 5.02 Å². The maximum atomic E-state index is 12.1. The average Bonchev–Trinajstić information content (AvgIpc) is 2.89. The first-order valence-corrected chi connectivity index (χ1v) is 7.28. The number of carbonyl (C=O) groups excluding carboxylic acids is 1. The fourth-order valence-electron chi connectivity index (χ4n) is 2.18. The van der Waals surface area contributed by atoms with Crippen LogP contribution in [0.5, 0.6) is 5.75 Å². The summed E-state index contributed by atoms with van der Waals surface area (Å²) >= 11 is 5.88. The minimum atomic E-state index is -0.423. The summed E-state index contributed by atoms with van der Waals surface area (Å²) in [5.41, 5.74) is 1.14. The number of aromatic nitrogens is 1. The number of rotatable bonds is 4. The van der Waals surface area contributed by atoms with Gasteiger partial charge in [-0.2, -0.15) is 4.73 Å². The van der Waals surface area contributed by atoms with Crippen molar-refractivity contribution in [1.82, 2.24) is 4.73 Å². The van der Waals surface area contributed by atoms with E-state index in [1.54, 1.807) is 37.3 Å². The molecule has 0 amide bonds. The third-order valence-corrected chi connectivity index (χ3v) is 3.41. The van der Waals surface area contributed by atoms with Crippen molar-refractivity contribution in [3.63, 3.8) is 0 Å². The number of ether oxygens (including phenoxy) is 1. The molecule has 22 heavy (non-hydrogen) atoms. The molecule has 0 spiro atoms. The molecule has 112 valence electrons. The van der Waals surface area contributed by atoms with E-state index in [1.807, 2.05) is 24.3 Å². The van der Waals surface area contributed by atoms with E-state index in [0.717, 1.165) is 10.9 Å². The van der Waals surface area contributed by atoms with Gasteiger partial charge < -0.3 is 9.57 Å². The Hall–Kier alpha value is -2.46. The zero-order valence-electron chi connectivity index (χ0n) is 12.0. The maximum absolute atomic E-state index is 12.1. The van der Waals surface area contributed by atoms with E-state index >= 15 is 0 Å². The lowest BCUT2D eigenvalue weighted by molar-refractivity contribution is 0.0489. The lowest BCUT2D eigenvalue weighted by Gasteiger charge is -2.11. The van der Waals surface area contributed by atoms with Gasteiger partial charge in [-0.3, -0.25) is 0 Å². The van der Waals surface area contributed by atoms with E-state index in [1.165, 1.54) is 4.73 Å². The Labute approximate surface area is 132 Å². The van der Waals surface area contributed by atoms with Crippen LogP contribution in [0.25, 0.3) is 10.9 Å². The Kier molecular flexibility index (Phi) is 4.02. The van der Waals surface area contributed by atoms with Crippen LogP contribution in [0.3, 0.4) is 0 Å². The molecular weight excluding hydrogens is 302 g/mol. The molecule has 0 bridgehead atoms. The molecule has 0 aliphatic heterocycles. The Morgan fingerprint density at radius 2 is 1.86 bits per heavy atom. The van der Waals surface area contributed by atoms with Crippen molar-refractivity contribution >= 4 is 28.5 Å². The SMILES string of the molecule is CCOC(=O)c1cc2ccccc2n1Oc1ccc(Cl)cc1. The van der Waals surface area contributed by atoms with Gasteiger partial charge >= 0.3 is 5.97 Å². The van der Waals surface area contributed by atoms with Gasteiger partial charge in [0.05, 0.1) is 12.1 Å². The zero-order chi connectivity index (χ0) is 15.5. The number of carbonyl (C=O) groups is 1. The first kappa shape index (κ1) is 14.5. The lowest BCUT2D eigenvalue weighted by Crippen LogP contribution is -2.15. The van der Waals surface area contributed by atoms with E-state index in [4.69, 9.17) is 21.2 Å². The molecule has 0 N–H and O–H groups in total. The Morgan fingerprint density at radius 3 is 2.59 bits per heavy atom. The quantitative estimate of drug-likeness (QED) is 0.673. The fourth-order valence-corrected chi connectivity index (χ4v) is 2.30. The first-order valence-electron chi connectivity index (χ1n) is 6.90. The fraction of sp³-hybridized carbons (Fsp3) is 0.118. The standard InChI is InChI=1S/C17H14ClNO3/c1-2-21-17(20)16-11-12-5-3-4-6-15(12)19(16)22-14-9-7-13(18)8-10-14/h3-11H,2H2,1H3. The molecule has 1 heterocycles. The van der Waals surface area contributed by atoms with Gasteiger partial charge in [0.25, 0.3) is 0 Å². The number of esters is 1. The summed E-state index contributed by atoms with van der Waals surface area (Å²) in [7, 11) is 0. The predicted octanol–water partition coefficient (Wildman–Crippen LogP) is 4.31. The highest BCUT2D eigenvalue weighted by Gasteiger charge is 2.18. The summed E-state index contributed by atoms with van der Waals surface area (Å²) in [6.07, 6.45) is 0. The van der Waals surface area contributed by atoms with Gasteiger partial charge in [0.15, 0.2) is 11.4 Å². The molecule has 0 radical (unpaired) electrons. The van der Waals surface area contributed by atoms with Crippen LogP contribution in [-0.4, -0.2) is 17.3 Å². The molecule has 4 nitrogen and oxygen atoms in total. The number of hydrogen-bond acceptors (Lipinski definition) is 3. The molecule has 3 rings (SSSR count). The zero-order valence-corrected chi connectivity index (χ0v) is 12.7. The maximum Gasteiger partial charge on any atom is 0.358 e. The molecule has 3 aromatic rings. The Bertz CT molecular complexity index is 808. The average molecular weight is 316 g/mol. The normalized spacial score (nSPS) is 10.6. The monoisotopic (exact) mass is 315 g/mol. The molecule has 0 aliphatic carbocycles. The highest BCUT2D eigenvalue weighted by molar-refractivity contribution is 6.30. The molecule has 0 saturated carbocycles. The molecule has 1 aromatic heterocycles. The van der Waals surface area contributed by atoms with Gasteiger partial charge in [-0.25, -0.2) is 4.79 Å². The second-order valence-corrected chi connectivity index (χ2v) is 5.08. The second kappa shape index (κ2) is 6.12. The minimum absolute atomic E-state index is 0.307. The van der Waals surface area contributed by atoms with E-state index in [0.29, 0.717) is 23.1 Å². The summed E-state index contributed by atoms with van der Waals surface area (Å²) in [5, 5.41) is 1.52. The van der Waals surface area contributed by atoms with Crippen LogP contribution in [-0.2, 0) is 4.74 Å². The van der Waals surface area contributed by atoms with Crippen LogP contribution in [0.1, 0.15) is 17.4 Å². The topological polar surface area (TPSA) is 40.5 Å². The first-order chi connectivity index (χ1) is 10.7. The molecule has 5 heteroatoms. The van der Waals surface area contributed by atoms with Crippen molar-refractivity contribution in [2.45, 2.75) is 6.92 Å². The van der Waals surface area contributed by atoms with Gasteiger partial charge in [-0.05, 0) is 43.3 Å². The third kappa shape index (κ3) is 2.78. The van der Waals surface area contributed by atoms with Crippen molar-refractivity contribution in [3.8, 4) is 5.75 Å². The molecule has 2 aromatic carbocycles. The van der Waals surface area contributed by atoms with Crippen molar-refractivity contribution in [1.29, 1.82) is 0 Å². The molecule has 0 saturated heterocycles. The van der Waals surface area contributed by atoms with Crippen molar-refractivity contribution < 1.29 is 14.4 Å². The van der Waals surface area contributed by atoms with Crippen LogP contribution in [0.15, 0.2) is 54.6 Å². The van der Waals surface area contributed by atoms with Crippen molar-refractivity contribution in [2.75, 3.05) is 6.61 Å². The van der Waals surface area contributed by atoms with E-state index in [9.17, 15) is 4.79 Å². The summed E-state index contributed by atoms with van der Waals surface area (Å²) in [4.78, 5) is 18.0. The minimum Gasteiger partial charge on any atom is -0.461 e. The summed E-state index contributed by atoms with van der Waals surface area (Å²) in [6.45, 7) is 2.08.